The van der Waals surface area contributed by atoms with Gasteiger partial charge in [0.05, 0.1) is 5.39 Å². The van der Waals surface area contributed by atoms with E-state index < -0.39 is 21.4 Å². The van der Waals surface area contributed by atoms with Gasteiger partial charge in [-0.05, 0) is 55.8 Å². The molecule has 0 aliphatic heterocycles. The van der Waals surface area contributed by atoms with Gasteiger partial charge in [0.25, 0.3) is 0 Å². The van der Waals surface area contributed by atoms with Crippen molar-refractivity contribution >= 4 is 32.5 Å². The highest BCUT2D eigenvalue weighted by molar-refractivity contribution is 7.91. The van der Waals surface area contributed by atoms with Crippen LogP contribution in [-0.2, 0) is 9.84 Å². The third-order valence-electron chi connectivity index (χ3n) is 5.17. The normalized spacial score (nSPS) is 11.8. The van der Waals surface area contributed by atoms with Gasteiger partial charge in [0.2, 0.25) is 0 Å². The van der Waals surface area contributed by atoms with Gasteiger partial charge >= 0.3 is 0 Å². The van der Waals surface area contributed by atoms with Crippen LogP contribution >= 0.6 is 0 Å². The van der Waals surface area contributed by atoms with Crippen LogP contribution in [0.5, 0.6) is 11.5 Å². The summed E-state index contributed by atoms with van der Waals surface area (Å²) in [5.74, 6) is 0.619. The van der Waals surface area contributed by atoms with E-state index in [4.69, 9.17) is 10.5 Å². The first-order valence-electron chi connectivity index (χ1n) is 10.3. The number of anilines is 1. The Morgan fingerprint density at radius 3 is 2.21 bits per heavy atom. The van der Waals surface area contributed by atoms with Crippen molar-refractivity contribution in [2.24, 2.45) is 0 Å². The summed E-state index contributed by atoms with van der Waals surface area (Å²) in [6.07, 6.45) is 4.54. The van der Waals surface area contributed by atoms with Crippen LogP contribution in [0.4, 0.5) is 5.82 Å². The summed E-state index contributed by atoms with van der Waals surface area (Å²) in [7, 11) is -3.38. The second-order valence-electron chi connectivity index (χ2n) is 8.15. The molecule has 0 radical (unpaired) electrons. The Labute approximate surface area is 192 Å². The average molecular weight is 465 g/mol. The lowest BCUT2D eigenvalue weighted by Gasteiger charge is -2.08. The number of carbonyl (C=O) groups excluding carboxylic acids is 1. The van der Waals surface area contributed by atoms with E-state index in [1.807, 2.05) is 30.5 Å². The van der Waals surface area contributed by atoms with Crippen LogP contribution < -0.4 is 10.5 Å². The molecule has 0 fully saturated rings. The minimum Gasteiger partial charge on any atom is -0.457 e. The molecule has 2 heterocycles. The number of carbonyl (C=O) groups is 1. The molecule has 2 aromatic heterocycles. The standard InChI is InChI=1S/C24H24N4O4S/c1-15(2)28-12-20(22-23(25)26-14-27-24(22)28)16-4-8-18(9-5-16)32-19-10-6-17(7-11-19)21(29)13-33(3,30)31/h4-12,14-15H,13H2,1-3H3,(H2,25,26,27). The van der Waals surface area contributed by atoms with Crippen LogP contribution in [0.3, 0.4) is 0 Å². The van der Waals surface area contributed by atoms with E-state index in [9.17, 15) is 13.2 Å². The molecule has 33 heavy (non-hydrogen) atoms. The molecule has 9 heteroatoms. The number of benzene rings is 2. The first-order valence-corrected chi connectivity index (χ1v) is 12.4. The second-order valence-corrected chi connectivity index (χ2v) is 10.3. The van der Waals surface area contributed by atoms with E-state index in [2.05, 4.69) is 28.4 Å². The van der Waals surface area contributed by atoms with E-state index in [0.717, 1.165) is 28.4 Å². The summed E-state index contributed by atoms with van der Waals surface area (Å²) < 4.78 is 30.6. The molecular weight excluding hydrogens is 440 g/mol. The van der Waals surface area contributed by atoms with Crippen LogP contribution in [0, 0.1) is 0 Å². The van der Waals surface area contributed by atoms with Crippen molar-refractivity contribution in [2.75, 3.05) is 17.7 Å². The lowest BCUT2D eigenvalue weighted by atomic mass is 10.1. The predicted octanol–water partition coefficient (Wildman–Crippen LogP) is 4.28. The molecule has 8 nitrogen and oxygen atoms in total. The summed E-state index contributed by atoms with van der Waals surface area (Å²) >= 11 is 0. The van der Waals surface area contributed by atoms with Crippen LogP contribution in [0.1, 0.15) is 30.2 Å². The minimum absolute atomic E-state index is 0.213. The molecule has 4 aromatic rings. The molecule has 2 N–H and O–H groups in total. The third kappa shape index (κ3) is 4.88. The quantitative estimate of drug-likeness (QED) is 0.406. The van der Waals surface area contributed by atoms with E-state index >= 15 is 0 Å². The van der Waals surface area contributed by atoms with Gasteiger partial charge in [-0.15, -0.1) is 0 Å². The van der Waals surface area contributed by atoms with Crippen LogP contribution in [0.15, 0.2) is 61.1 Å². The smallest absolute Gasteiger partial charge is 0.177 e. The summed E-state index contributed by atoms with van der Waals surface area (Å²) in [6, 6.07) is 14.2. The van der Waals surface area contributed by atoms with E-state index in [0.29, 0.717) is 22.9 Å². The molecule has 0 atom stereocenters. The number of hydrogen-bond donors (Lipinski definition) is 1. The average Bonchev–Trinajstić information content (AvgIpc) is 3.15. The number of nitrogens with two attached hydrogens (primary N) is 1. The van der Waals surface area contributed by atoms with E-state index in [-0.39, 0.29) is 6.04 Å². The molecule has 0 saturated heterocycles. The number of rotatable bonds is 7. The van der Waals surface area contributed by atoms with Gasteiger partial charge in [-0.25, -0.2) is 18.4 Å². The Kier molecular flexibility index (Phi) is 5.90. The summed E-state index contributed by atoms with van der Waals surface area (Å²) in [5.41, 5.74) is 9.17. The molecule has 170 valence electrons. The van der Waals surface area contributed by atoms with Crippen molar-refractivity contribution in [2.45, 2.75) is 19.9 Å². The van der Waals surface area contributed by atoms with Crippen molar-refractivity contribution in [3.05, 3.63) is 66.6 Å². The summed E-state index contributed by atoms with van der Waals surface area (Å²) in [5, 5.41) is 0.814. The fourth-order valence-electron chi connectivity index (χ4n) is 3.59. The lowest BCUT2D eigenvalue weighted by molar-refractivity contribution is 0.102. The summed E-state index contributed by atoms with van der Waals surface area (Å²) in [4.78, 5) is 20.6. The lowest BCUT2D eigenvalue weighted by Crippen LogP contribution is -2.14. The molecule has 0 bridgehead atoms. The number of Topliss-reactive ketones (excluding diaryl/α,β-unsaturated/α-hetero) is 1. The van der Waals surface area contributed by atoms with Crippen molar-refractivity contribution in [3.8, 4) is 22.6 Å². The molecular formula is C24H24N4O4S. The van der Waals surface area contributed by atoms with Gasteiger partial charge in [0, 0.05) is 29.6 Å². The number of ketones is 1. The molecule has 0 spiro atoms. The number of ether oxygens (including phenoxy) is 1. The Bertz CT molecular complexity index is 1420. The van der Waals surface area contributed by atoms with Gasteiger partial charge < -0.3 is 15.0 Å². The maximum atomic E-state index is 12.0. The number of nitrogen functional groups attached to an aromatic ring is 1. The molecule has 0 amide bonds. The molecule has 0 aliphatic rings. The monoisotopic (exact) mass is 464 g/mol. The number of aromatic nitrogens is 3. The Morgan fingerprint density at radius 2 is 1.64 bits per heavy atom. The molecule has 4 rings (SSSR count). The first kappa shape index (κ1) is 22.5. The van der Waals surface area contributed by atoms with Gasteiger partial charge in [-0.1, -0.05) is 12.1 Å². The fraction of sp³-hybridized carbons (Fsp3) is 0.208. The summed E-state index contributed by atoms with van der Waals surface area (Å²) in [6.45, 7) is 4.16. The first-order chi connectivity index (χ1) is 15.6. The zero-order valence-electron chi connectivity index (χ0n) is 18.5. The Morgan fingerprint density at radius 1 is 1.03 bits per heavy atom. The SMILES string of the molecule is CC(C)n1cc(-c2ccc(Oc3ccc(C(=O)CS(C)(=O)=O)cc3)cc2)c2c(N)ncnc21. The van der Waals surface area contributed by atoms with Gasteiger partial charge in [0.1, 0.15) is 35.0 Å². The maximum absolute atomic E-state index is 12.0. The maximum Gasteiger partial charge on any atom is 0.177 e. The van der Waals surface area contributed by atoms with Gasteiger partial charge in [0.15, 0.2) is 15.6 Å². The largest absolute Gasteiger partial charge is 0.457 e. The minimum atomic E-state index is -3.38. The van der Waals surface area contributed by atoms with Gasteiger partial charge in [-0.3, -0.25) is 4.79 Å². The molecule has 2 aromatic carbocycles. The highest BCUT2D eigenvalue weighted by atomic mass is 32.2. The second kappa shape index (κ2) is 8.67. The van der Waals surface area contributed by atoms with Crippen LogP contribution in [-0.4, -0.2) is 40.7 Å². The zero-order chi connectivity index (χ0) is 23.8. The number of fused-ring (bicyclic) bond motifs is 1. The molecule has 0 unspecified atom stereocenters. The van der Waals surface area contributed by atoms with Crippen molar-refractivity contribution in [1.82, 2.24) is 14.5 Å². The van der Waals surface area contributed by atoms with Crippen molar-refractivity contribution in [3.63, 3.8) is 0 Å². The van der Waals surface area contributed by atoms with Gasteiger partial charge in [-0.2, -0.15) is 0 Å². The zero-order valence-corrected chi connectivity index (χ0v) is 19.3. The van der Waals surface area contributed by atoms with E-state index in [1.54, 1.807) is 24.3 Å². The fourth-order valence-corrected chi connectivity index (χ4v) is 4.23. The van der Waals surface area contributed by atoms with Crippen LogP contribution in [0.25, 0.3) is 22.2 Å². The van der Waals surface area contributed by atoms with E-state index in [1.165, 1.54) is 6.33 Å². The van der Waals surface area contributed by atoms with Crippen LogP contribution in [0.2, 0.25) is 0 Å². The number of hydrogen-bond acceptors (Lipinski definition) is 7. The highest BCUT2D eigenvalue weighted by Crippen LogP contribution is 2.35. The Hall–Kier alpha value is -3.72. The Balaban J connectivity index is 1.56. The predicted molar refractivity (Wildman–Crippen MR) is 128 cm³/mol. The molecule has 0 aliphatic carbocycles. The van der Waals surface area contributed by atoms with Crippen molar-refractivity contribution in [1.29, 1.82) is 0 Å². The third-order valence-corrected chi connectivity index (χ3v) is 5.95. The highest BCUT2D eigenvalue weighted by Gasteiger charge is 2.17. The number of sulfone groups is 1. The number of nitrogens with zero attached hydrogens (tertiary/aromatic N) is 3. The molecule has 0 saturated carbocycles. The topological polar surface area (TPSA) is 117 Å². The van der Waals surface area contributed by atoms with Crippen molar-refractivity contribution < 1.29 is 17.9 Å².